The van der Waals surface area contributed by atoms with Crippen LogP contribution in [0.3, 0.4) is 0 Å². The van der Waals surface area contributed by atoms with Crippen LogP contribution in [-0.2, 0) is 6.42 Å². The van der Waals surface area contributed by atoms with Gasteiger partial charge in [0, 0.05) is 23.7 Å². The van der Waals surface area contributed by atoms with Crippen LogP contribution in [0.15, 0.2) is 65.2 Å². The van der Waals surface area contributed by atoms with Gasteiger partial charge < -0.3 is 4.42 Å². The largest absolute Gasteiger partial charge is 0.459 e. The van der Waals surface area contributed by atoms with E-state index in [-0.39, 0.29) is 6.04 Å². The highest BCUT2D eigenvalue weighted by atomic mass is 16.3. The van der Waals surface area contributed by atoms with Gasteiger partial charge in [-0.2, -0.15) is 10.2 Å². The summed E-state index contributed by atoms with van der Waals surface area (Å²) in [4.78, 5) is 2.38. The summed E-state index contributed by atoms with van der Waals surface area (Å²) in [5.74, 6) is 0.999. The maximum absolute atomic E-state index is 6.27. The third-order valence-corrected chi connectivity index (χ3v) is 5.62. The molecule has 0 radical (unpaired) electrons. The smallest absolute Gasteiger partial charge is 0.134 e. The zero-order valence-corrected chi connectivity index (χ0v) is 15.5. The van der Waals surface area contributed by atoms with E-state index in [0.29, 0.717) is 0 Å². The SMILES string of the molecule is Cc1c(-c2cccnn2)ccc2c1C(c1cc3ccccc3o1)N(C)CC2. The number of furan rings is 1. The van der Waals surface area contributed by atoms with Crippen molar-refractivity contribution >= 4 is 11.0 Å². The van der Waals surface area contributed by atoms with E-state index >= 15 is 0 Å². The first-order valence-corrected chi connectivity index (χ1v) is 9.31. The minimum atomic E-state index is 0.109. The van der Waals surface area contributed by atoms with Crippen LogP contribution in [0.4, 0.5) is 0 Å². The highest BCUT2D eigenvalue weighted by Gasteiger charge is 2.31. The van der Waals surface area contributed by atoms with Gasteiger partial charge in [-0.05, 0) is 61.3 Å². The molecule has 3 heterocycles. The molecule has 4 aromatic rings. The van der Waals surface area contributed by atoms with Crippen molar-refractivity contribution in [3.8, 4) is 11.3 Å². The van der Waals surface area contributed by atoms with E-state index in [1.54, 1.807) is 6.20 Å². The fourth-order valence-electron chi connectivity index (χ4n) is 4.25. The monoisotopic (exact) mass is 355 g/mol. The molecule has 1 aliphatic heterocycles. The molecule has 0 N–H and O–H groups in total. The van der Waals surface area contributed by atoms with Crippen molar-refractivity contribution in [2.75, 3.05) is 13.6 Å². The van der Waals surface area contributed by atoms with Crippen molar-refractivity contribution in [3.05, 3.63) is 83.2 Å². The molecule has 1 atom stereocenters. The fraction of sp³-hybridized carbons (Fsp3) is 0.217. The minimum absolute atomic E-state index is 0.109. The first kappa shape index (κ1) is 16.2. The molecule has 134 valence electrons. The Hall–Kier alpha value is -2.98. The van der Waals surface area contributed by atoms with Gasteiger partial charge in [-0.15, -0.1) is 0 Å². The first-order valence-electron chi connectivity index (χ1n) is 9.31. The molecule has 4 heteroatoms. The molecule has 2 aromatic heterocycles. The van der Waals surface area contributed by atoms with Crippen molar-refractivity contribution in [2.24, 2.45) is 0 Å². The molecule has 2 aromatic carbocycles. The van der Waals surface area contributed by atoms with E-state index in [2.05, 4.69) is 59.4 Å². The van der Waals surface area contributed by atoms with Gasteiger partial charge in [-0.25, -0.2) is 0 Å². The zero-order valence-electron chi connectivity index (χ0n) is 15.5. The molecule has 5 rings (SSSR count). The molecule has 4 nitrogen and oxygen atoms in total. The minimum Gasteiger partial charge on any atom is -0.459 e. The molecule has 0 amide bonds. The number of hydrogen-bond donors (Lipinski definition) is 0. The third kappa shape index (κ3) is 2.64. The van der Waals surface area contributed by atoms with E-state index in [1.807, 2.05) is 24.3 Å². The number of rotatable bonds is 2. The van der Waals surface area contributed by atoms with Gasteiger partial charge in [0.15, 0.2) is 0 Å². The number of para-hydroxylation sites is 1. The molecule has 27 heavy (non-hydrogen) atoms. The quantitative estimate of drug-likeness (QED) is 0.519. The summed E-state index contributed by atoms with van der Waals surface area (Å²) in [5, 5.41) is 9.53. The van der Waals surface area contributed by atoms with Crippen LogP contribution in [0.2, 0.25) is 0 Å². The average Bonchev–Trinajstić information content (AvgIpc) is 3.13. The molecular weight excluding hydrogens is 334 g/mol. The number of fused-ring (bicyclic) bond motifs is 2. The summed E-state index contributed by atoms with van der Waals surface area (Å²) in [6, 6.07) is 18.9. The highest BCUT2D eigenvalue weighted by Crippen LogP contribution is 2.40. The maximum Gasteiger partial charge on any atom is 0.134 e. The number of benzene rings is 2. The van der Waals surface area contributed by atoms with Crippen molar-refractivity contribution in [1.82, 2.24) is 15.1 Å². The lowest BCUT2D eigenvalue weighted by atomic mass is 9.85. The normalized spacial score (nSPS) is 17.2. The van der Waals surface area contributed by atoms with Crippen molar-refractivity contribution in [3.63, 3.8) is 0 Å². The van der Waals surface area contributed by atoms with Crippen LogP contribution >= 0.6 is 0 Å². The van der Waals surface area contributed by atoms with Crippen LogP contribution in [0.25, 0.3) is 22.2 Å². The second-order valence-corrected chi connectivity index (χ2v) is 7.24. The predicted octanol–water partition coefficient (Wildman–Crippen LogP) is 4.78. The summed E-state index contributed by atoms with van der Waals surface area (Å²) in [5.41, 5.74) is 6.98. The Balaban J connectivity index is 1.70. The topological polar surface area (TPSA) is 42.2 Å². The Labute approximate surface area is 158 Å². The Bertz CT molecular complexity index is 1080. The van der Waals surface area contributed by atoms with Crippen LogP contribution in [-0.4, -0.2) is 28.7 Å². The first-order chi connectivity index (χ1) is 13.2. The van der Waals surface area contributed by atoms with E-state index in [9.17, 15) is 0 Å². The van der Waals surface area contributed by atoms with E-state index in [1.165, 1.54) is 16.7 Å². The second kappa shape index (κ2) is 6.32. The fourth-order valence-corrected chi connectivity index (χ4v) is 4.25. The van der Waals surface area contributed by atoms with Crippen molar-refractivity contribution in [2.45, 2.75) is 19.4 Å². The number of nitrogens with zero attached hydrogens (tertiary/aromatic N) is 3. The average molecular weight is 355 g/mol. The van der Waals surface area contributed by atoms with Crippen molar-refractivity contribution < 1.29 is 4.42 Å². The van der Waals surface area contributed by atoms with E-state index < -0.39 is 0 Å². The van der Waals surface area contributed by atoms with Crippen LogP contribution in [0.1, 0.15) is 28.5 Å². The molecule has 0 spiro atoms. The van der Waals surface area contributed by atoms with Crippen molar-refractivity contribution in [1.29, 1.82) is 0 Å². The van der Waals surface area contributed by atoms with Gasteiger partial charge in [-0.3, -0.25) is 4.90 Å². The van der Waals surface area contributed by atoms with Gasteiger partial charge >= 0.3 is 0 Å². The molecule has 1 unspecified atom stereocenters. The molecule has 0 fully saturated rings. The lowest BCUT2D eigenvalue weighted by molar-refractivity contribution is 0.238. The Morgan fingerprint density at radius 3 is 2.78 bits per heavy atom. The number of aromatic nitrogens is 2. The van der Waals surface area contributed by atoms with Gasteiger partial charge in [0.1, 0.15) is 11.3 Å². The zero-order chi connectivity index (χ0) is 18.4. The van der Waals surface area contributed by atoms with Gasteiger partial charge in [-0.1, -0.05) is 30.3 Å². The molecule has 0 saturated heterocycles. The summed E-state index contributed by atoms with van der Waals surface area (Å²) in [7, 11) is 2.18. The Kier molecular flexibility index (Phi) is 3.80. The molecule has 0 bridgehead atoms. The lowest BCUT2D eigenvalue weighted by Gasteiger charge is -2.35. The van der Waals surface area contributed by atoms with Crippen LogP contribution in [0.5, 0.6) is 0 Å². The van der Waals surface area contributed by atoms with Gasteiger partial charge in [0.05, 0.1) is 11.7 Å². The second-order valence-electron chi connectivity index (χ2n) is 7.24. The summed E-state index contributed by atoms with van der Waals surface area (Å²) < 4.78 is 6.27. The highest BCUT2D eigenvalue weighted by molar-refractivity contribution is 5.78. The number of likely N-dealkylation sites (N-methyl/N-ethyl adjacent to an activating group) is 1. The molecular formula is C23H21N3O. The predicted molar refractivity (Wildman–Crippen MR) is 107 cm³/mol. The maximum atomic E-state index is 6.27. The molecule has 0 aliphatic carbocycles. The van der Waals surface area contributed by atoms with E-state index in [0.717, 1.165) is 41.0 Å². The molecule has 0 saturated carbocycles. The summed E-state index contributed by atoms with van der Waals surface area (Å²) >= 11 is 0. The summed E-state index contributed by atoms with van der Waals surface area (Å²) in [6.45, 7) is 3.20. The molecule has 1 aliphatic rings. The Morgan fingerprint density at radius 2 is 1.96 bits per heavy atom. The number of hydrogen-bond acceptors (Lipinski definition) is 4. The van der Waals surface area contributed by atoms with E-state index in [4.69, 9.17) is 4.42 Å². The van der Waals surface area contributed by atoms with Crippen LogP contribution < -0.4 is 0 Å². The summed E-state index contributed by atoms with van der Waals surface area (Å²) in [6.07, 6.45) is 2.76. The third-order valence-electron chi connectivity index (χ3n) is 5.62. The standard InChI is InChI=1S/C23H21N3O/c1-15-18(19-7-5-12-24-25-19)10-9-16-11-13-26(2)23(22(15)16)21-14-17-6-3-4-8-20(17)27-21/h3-10,12,14,23H,11,13H2,1-2H3. The Morgan fingerprint density at radius 1 is 1.07 bits per heavy atom. The lowest BCUT2D eigenvalue weighted by Crippen LogP contribution is -2.33. The van der Waals surface area contributed by atoms with Gasteiger partial charge in [0.2, 0.25) is 0 Å². The van der Waals surface area contributed by atoms with Crippen LogP contribution in [0, 0.1) is 6.92 Å². The van der Waals surface area contributed by atoms with Gasteiger partial charge in [0.25, 0.3) is 0 Å².